The maximum atomic E-state index is 11.9. The second-order valence-corrected chi connectivity index (χ2v) is 11.6. The van der Waals surface area contributed by atoms with Gasteiger partial charge in [-0.25, -0.2) is 4.79 Å². The lowest BCUT2D eigenvalue weighted by Gasteiger charge is -2.41. The van der Waals surface area contributed by atoms with Gasteiger partial charge in [0.2, 0.25) is 0 Å². The lowest BCUT2D eigenvalue weighted by Crippen LogP contribution is -2.32. The zero-order valence-electron chi connectivity index (χ0n) is 24.2. The Labute approximate surface area is 231 Å². The maximum absolute atomic E-state index is 11.9. The predicted octanol–water partition coefficient (Wildman–Crippen LogP) is 7.57. The largest absolute Gasteiger partial charge is 0.458 e. The van der Waals surface area contributed by atoms with Crippen LogP contribution in [-0.4, -0.2) is 36.0 Å². The van der Waals surface area contributed by atoms with Crippen molar-refractivity contribution in [3.63, 3.8) is 0 Å². The highest BCUT2D eigenvalue weighted by atomic mass is 16.6. The van der Waals surface area contributed by atoms with Crippen molar-refractivity contribution in [1.29, 1.82) is 0 Å². The summed E-state index contributed by atoms with van der Waals surface area (Å²) in [4.78, 5) is 11.9. The number of hydrogen-bond donors (Lipinski definition) is 1. The summed E-state index contributed by atoms with van der Waals surface area (Å²) in [5.74, 6) is 6.92. The van der Waals surface area contributed by atoms with Crippen LogP contribution >= 0.6 is 0 Å². The zero-order chi connectivity index (χ0) is 27.9. The molecule has 2 atom stereocenters. The molecule has 4 heteroatoms. The second-order valence-electron chi connectivity index (χ2n) is 11.6. The summed E-state index contributed by atoms with van der Waals surface area (Å²) in [5.41, 5.74) is 1.83. The van der Waals surface area contributed by atoms with Crippen molar-refractivity contribution in [3.05, 3.63) is 71.8 Å². The van der Waals surface area contributed by atoms with E-state index in [1.807, 2.05) is 75.4 Å². The van der Waals surface area contributed by atoms with Crippen LogP contribution in [0.1, 0.15) is 91.5 Å². The lowest BCUT2D eigenvalue weighted by atomic mass is 9.64. The number of carbonyl (C=O) groups excluding carboxylic acids is 1. The Morgan fingerprint density at radius 1 is 1.18 bits per heavy atom. The van der Waals surface area contributed by atoms with Crippen LogP contribution in [0.2, 0.25) is 0 Å². The molecule has 1 aromatic carbocycles. The average molecular weight is 521 g/mol. The third kappa shape index (κ3) is 13.3. The maximum Gasteiger partial charge on any atom is 0.332 e. The Kier molecular flexibility index (Phi) is 13.6. The van der Waals surface area contributed by atoms with Crippen LogP contribution in [-0.2, 0) is 14.3 Å². The van der Waals surface area contributed by atoms with Crippen molar-refractivity contribution in [1.82, 2.24) is 0 Å². The number of hydrogen-bond acceptors (Lipinski definition) is 4. The fourth-order valence-electron chi connectivity index (χ4n) is 4.42. The molecule has 1 saturated carbocycles. The zero-order valence-corrected chi connectivity index (χ0v) is 24.2. The molecule has 1 N–H and O–H groups in total. The van der Waals surface area contributed by atoms with Crippen molar-refractivity contribution in [3.8, 4) is 11.8 Å². The molecule has 0 radical (unpaired) electrons. The van der Waals surface area contributed by atoms with E-state index in [4.69, 9.17) is 9.47 Å². The van der Waals surface area contributed by atoms with E-state index in [1.165, 1.54) is 12.0 Å². The molecule has 208 valence electrons. The number of rotatable bonds is 14. The number of aliphatic hydroxyl groups excluding tert-OH is 1. The highest BCUT2D eigenvalue weighted by molar-refractivity contribution is 5.71. The summed E-state index contributed by atoms with van der Waals surface area (Å²) in [6.45, 7) is 10.3. The normalized spacial score (nSPS) is 17.1. The Morgan fingerprint density at radius 2 is 1.92 bits per heavy atom. The molecule has 0 aliphatic heterocycles. The molecule has 1 aliphatic carbocycles. The molecule has 1 fully saturated rings. The third-order valence-corrected chi connectivity index (χ3v) is 7.01. The smallest absolute Gasteiger partial charge is 0.332 e. The van der Waals surface area contributed by atoms with Crippen LogP contribution in [0.15, 0.2) is 66.3 Å². The standard InChI is InChI=1S/C34H48O4/c1-6-28(2)19-20-30(21-25-37-27-32(36)38-33(3,4)5)16-10-11-18-31(35)26-34(23-13-24-34)22-12-17-29-14-8-7-9-15-29/h7-11,14-16,18,21,28,31,35H,6,13,19-20,22-27H2,1-5H3/b16-10+,18-11+,30-21-. The van der Waals surface area contributed by atoms with E-state index < -0.39 is 11.7 Å². The van der Waals surface area contributed by atoms with Gasteiger partial charge in [-0.3, -0.25) is 0 Å². The van der Waals surface area contributed by atoms with Gasteiger partial charge in [0.25, 0.3) is 0 Å². The molecule has 4 nitrogen and oxygen atoms in total. The molecule has 0 saturated heterocycles. The Morgan fingerprint density at radius 3 is 2.55 bits per heavy atom. The van der Waals surface area contributed by atoms with Crippen LogP contribution in [0.25, 0.3) is 0 Å². The first kappa shape index (κ1) is 31.6. The summed E-state index contributed by atoms with van der Waals surface area (Å²) in [6, 6.07) is 10.1. The number of aliphatic hydroxyl groups is 1. The molecule has 0 amide bonds. The van der Waals surface area contributed by atoms with E-state index in [0.717, 1.165) is 50.5 Å². The van der Waals surface area contributed by atoms with Gasteiger partial charge in [-0.2, -0.15) is 0 Å². The van der Waals surface area contributed by atoms with Gasteiger partial charge in [-0.15, -0.1) is 0 Å². The monoisotopic (exact) mass is 520 g/mol. The van der Waals surface area contributed by atoms with Gasteiger partial charge < -0.3 is 14.6 Å². The summed E-state index contributed by atoms with van der Waals surface area (Å²) in [6.07, 6.45) is 17.7. The van der Waals surface area contributed by atoms with Crippen LogP contribution < -0.4 is 0 Å². The molecule has 2 unspecified atom stereocenters. The van der Waals surface area contributed by atoms with Crippen molar-refractivity contribution < 1.29 is 19.4 Å². The quantitative estimate of drug-likeness (QED) is 0.119. The first-order valence-electron chi connectivity index (χ1n) is 14.2. The fraction of sp³-hybridized carbons (Fsp3) is 0.559. The Bertz CT molecular complexity index is 981. The highest BCUT2D eigenvalue weighted by Crippen LogP contribution is 2.47. The number of ether oxygens (including phenoxy) is 2. The van der Waals surface area contributed by atoms with Gasteiger partial charge in [0, 0.05) is 12.0 Å². The van der Waals surface area contributed by atoms with Crippen LogP contribution in [0.3, 0.4) is 0 Å². The SMILES string of the molecule is CCC(C)CCC(/C=C/C=C/C(O)CC1(CC#Cc2ccccc2)CCC1)=C\COCC(=O)OC(C)(C)C. The third-order valence-electron chi connectivity index (χ3n) is 7.01. The molecule has 0 bridgehead atoms. The minimum absolute atomic E-state index is 0.0559. The minimum atomic E-state index is -0.509. The van der Waals surface area contributed by atoms with Crippen molar-refractivity contribution in [2.75, 3.05) is 13.2 Å². The Balaban J connectivity index is 1.88. The van der Waals surface area contributed by atoms with E-state index in [9.17, 15) is 9.90 Å². The number of benzene rings is 1. The number of allylic oxidation sites excluding steroid dienone is 4. The van der Waals surface area contributed by atoms with Gasteiger partial charge in [0.15, 0.2) is 0 Å². The summed E-state index contributed by atoms with van der Waals surface area (Å²) in [7, 11) is 0. The first-order chi connectivity index (χ1) is 18.1. The molecule has 1 aromatic rings. The number of carbonyl (C=O) groups is 1. The van der Waals surface area contributed by atoms with E-state index in [-0.39, 0.29) is 18.0 Å². The summed E-state index contributed by atoms with van der Waals surface area (Å²) >= 11 is 0. The van der Waals surface area contributed by atoms with Gasteiger partial charge in [0.1, 0.15) is 12.2 Å². The van der Waals surface area contributed by atoms with Crippen LogP contribution in [0.4, 0.5) is 0 Å². The van der Waals surface area contributed by atoms with E-state index in [1.54, 1.807) is 0 Å². The van der Waals surface area contributed by atoms with Crippen LogP contribution in [0, 0.1) is 23.2 Å². The molecule has 2 rings (SSSR count). The van der Waals surface area contributed by atoms with Crippen LogP contribution in [0.5, 0.6) is 0 Å². The highest BCUT2D eigenvalue weighted by Gasteiger charge is 2.37. The van der Waals surface area contributed by atoms with Gasteiger partial charge in [0.05, 0.1) is 12.7 Å². The number of esters is 1. The van der Waals surface area contributed by atoms with Gasteiger partial charge in [-0.05, 0) is 81.9 Å². The van der Waals surface area contributed by atoms with E-state index in [2.05, 4.69) is 31.8 Å². The van der Waals surface area contributed by atoms with Gasteiger partial charge >= 0.3 is 5.97 Å². The molecule has 1 aliphatic rings. The van der Waals surface area contributed by atoms with Crippen molar-refractivity contribution in [2.45, 2.75) is 97.7 Å². The molecule has 38 heavy (non-hydrogen) atoms. The molecule has 0 spiro atoms. The lowest BCUT2D eigenvalue weighted by molar-refractivity contribution is -0.159. The first-order valence-corrected chi connectivity index (χ1v) is 14.2. The van der Waals surface area contributed by atoms with Gasteiger partial charge in [-0.1, -0.05) is 87.1 Å². The summed E-state index contributed by atoms with van der Waals surface area (Å²) < 4.78 is 10.8. The van der Waals surface area contributed by atoms with Crippen molar-refractivity contribution >= 4 is 5.97 Å². The van der Waals surface area contributed by atoms with E-state index in [0.29, 0.717) is 12.5 Å². The molecular weight excluding hydrogens is 472 g/mol. The second kappa shape index (κ2) is 16.4. The minimum Gasteiger partial charge on any atom is -0.458 e. The predicted molar refractivity (Wildman–Crippen MR) is 157 cm³/mol. The average Bonchev–Trinajstić information content (AvgIpc) is 2.84. The topological polar surface area (TPSA) is 55.8 Å². The molecular formula is C34H48O4. The molecule has 0 aromatic heterocycles. The fourth-order valence-corrected chi connectivity index (χ4v) is 4.42. The Hall–Kier alpha value is -2.61. The van der Waals surface area contributed by atoms with Crippen molar-refractivity contribution in [2.24, 2.45) is 11.3 Å². The molecule has 0 heterocycles. The summed E-state index contributed by atoms with van der Waals surface area (Å²) in [5, 5.41) is 10.7. The van der Waals surface area contributed by atoms with E-state index >= 15 is 0 Å².